The number of carbonyl (C=O) groups excluding carboxylic acids is 1. The molecule has 0 bridgehead atoms. The predicted octanol–water partition coefficient (Wildman–Crippen LogP) is 3.13. The van der Waals surface area contributed by atoms with E-state index in [1.54, 1.807) is 0 Å². The molecule has 0 heterocycles. The number of nitrogens with zero attached hydrogens (tertiary/aromatic N) is 1. The number of unbranched alkanes of at least 4 members (excludes halogenated alkanes) is 2. The van der Waals surface area contributed by atoms with E-state index in [1.807, 2.05) is 18.2 Å². The summed E-state index contributed by atoms with van der Waals surface area (Å²) in [6, 6.07) is 10.2. The minimum absolute atomic E-state index is 0.138. The first-order valence-electron chi connectivity index (χ1n) is 9.86. The van der Waals surface area contributed by atoms with Crippen molar-refractivity contribution in [2.24, 2.45) is 10.9 Å². The minimum atomic E-state index is -0.138. The maximum Gasteiger partial charge on any atom is 0.305 e. The molecule has 0 radical (unpaired) electrons. The Hall–Kier alpha value is -2.08. The van der Waals surface area contributed by atoms with E-state index in [2.05, 4.69) is 46.3 Å². The normalized spacial score (nSPS) is 12.5. The van der Waals surface area contributed by atoms with Gasteiger partial charge in [-0.1, -0.05) is 43.7 Å². The van der Waals surface area contributed by atoms with E-state index in [4.69, 9.17) is 4.74 Å². The van der Waals surface area contributed by atoms with Gasteiger partial charge in [-0.15, -0.1) is 0 Å². The van der Waals surface area contributed by atoms with Gasteiger partial charge in [0.05, 0.1) is 20.3 Å². The Labute approximate surface area is 163 Å². The zero-order chi connectivity index (χ0) is 19.7. The molecule has 1 aromatic rings. The lowest BCUT2D eigenvalue weighted by atomic mass is 10.2. The van der Waals surface area contributed by atoms with Gasteiger partial charge in [0.15, 0.2) is 5.96 Å². The number of hydrogen-bond donors (Lipinski definition) is 2. The van der Waals surface area contributed by atoms with Gasteiger partial charge in [0.25, 0.3) is 0 Å². The Morgan fingerprint density at radius 2 is 1.93 bits per heavy atom. The fourth-order valence-electron chi connectivity index (χ4n) is 2.47. The highest BCUT2D eigenvalue weighted by molar-refractivity contribution is 5.79. The van der Waals surface area contributed by atoms with Crippen molar-refractivity contribution in [1.82, 2.24) is 10.6 Å². The molecule has 0 fully saturated rings. The van der Waals surface area contributed by atoms with Gasteiger partial charge in [-0.05, 0) is 31.2 Å². The molecule has 1 unspecified atom stereocenters. The average Bonchev–Trinajstić information content (AvgIpc) is 2.69. The molecule has 1 rings (SSSR count). The highest BCUT2D eigenvalue weighted by Crippen LogP contribution is 2.04. The van der Waals surface area contributed by atoms with Crippen molar-refractivity contribution >= 4 is 11.9 Å². The summed E-state index contributed by atoms with van der Waals surface area (Å²) in [6.07, 6.45) is 3.34. The molecule has 0 amide bonds. The quantitative estimate of drug-likeness (QED) is 0.239. The third-order valence-corrected chi connectivity index (χ3v) is 4.00. The van der Waals surface area contributed by atoms with Gasteiger partial charge >= 0.3 is 5.97 Å². The summed E-state index contributed by atoms with van der Waals surface area (Å²) in [6.45, 7) is 7.90. The highest BCUT2D eigenvalue weighted by Gasteiger charge is 2.04. The van der Waals surface area contributed by atoms with Crippen LogP contribution in [-0.2, 0) is 20.9 Å². The summed E-state index contributed by atoms with van der Waals surface area (Å²) in [5, 5.41) is 6.60. The van der Waals surface area contributed by atoms with Crippen molar-refractivity contribution in [2.45, 2.75) is 46.1 Å². The number of aliphatic imine (C=N–C) groups is 1. The first-order valence-corrected chi connectivity index (χ1v) is 9.86. The second-order valence-electron chi connectivity index (χ2n) is 6.64. The fraction of sp³-hybridized carbons (Fsp3) is 0.619. The largest absolute Gasteiger partial charge is 0.469 e. The first kappa shape index (κ1) is 23.0. The van der Waals surface area contributed by atoms with E-state index in [1.165, 1.54) is 12.7 Å². The van der Waals surface area contributed by atoms with Crippen molar-refractivity contribution in [3.63, 3.8) is 0 Å². The van der Waals surface area contributed by atoms with Crippen molar-refractivity contribution in [2.75, 3.05) is 33.4 Å². The lowest BCUT2D eigenvalue weighted by molar-refractivity contribution is -0.140. The van der Waals surface area contributed by atoms with E-state index in [-0.39, 0.29) is 5.97 Å². The first-order chi connectivity index (χ1) is 13.2. The maximum atomic E-state index is 11.1. The summed E-state index contributed by atoms with van der Waals surface area (Å²) in [5.74, 6) is 1.05. The summed E-state index contributed by atoms with van der Waals surface area (Å²) >= 11 is 0. The molecule has 0 aliphatic rings. The maximum absolute atomic E-state index is 11.1. The van der Waals surface area contributed by atoms with Crippen LogP contribution in [0.5, 0.6) is 0 Å². The highest BCUT2D eigenvalue weighted by atomic mass is 16.5. The molecular formula is C21H35N3O3. The van der Waals surface area contributed by atoms with Gasteiger partial charge in [0.2, 0.25) is 0 Å². The SMILES string of the molecule is CCNC(=NCC(C)COCc1ccccc1)NCCCCCC(=O)OC. The molecule has 1 aromatic carbocycles. The molecule has 0 saturated carbocycles. The van der Waals surface area contributed by atoms with Crippen LogP contribution >= 0.6 is 0 Å². The standard InChI is InChI=1S/C21H35N3O3/c1-4-22-21(23-14-10-6-9-13-20(25)26-3)24-15-18(2)16-27-17-19-11-7-5-8-12-19/h5,7-8,11-12,18H,4,6,9-10,13-17H2,1-3H3,(H2,22,23,24). The Morgan fingerprint density at radius 1 is 1.15 bits per heavy atom. The second kappa shape index (κ2) is 15.0. The summed E-state index contributed by atoms with van der Waals surface area (Å²) < 4.78 is 10.4. The van der Waals surface area contributed by atoms with Gasteiger partial charge in [0.1, 0.15) is 0 Å². The van der Waals surface area contributed by atoms with E-state index in [0.29, 0.717) is 32.1 Å². The monoisotopic (exact) mass is 377 g/mol. The van der Waals surface area contributed by atoms with Crippen LogP contribution in [0.3, 0.4) is 0 Å². The molecule has 2 N–H and O–H groups in total. The zero-order valence-electron chi connectivity index (χ0n) is 17.0. The van der Waals surface area contributed by atoms with Gasteiger partial charge in [-0.25, -0.2) is 0 Å². The van der Waals surface area contributed by atoms with Crippen LogP contribution in [0.2, 0.25) is 0 Å². The number of rotatable bonds is 13. The number of ether oxygens (including phenoxy) is 2. The number of guanidine groups is 1. The number of methoxy groups -OCH3 is 1. The average molecular weight is 378 g/mol. The molecule has 0 saturated heterocycles. The summed E-state index contributed by atoms with van der Waals surface area (Å²) in [7, 11) is 1.43. The van der Waals surface area contributed by atoms with Crippen molar-refractivity contribution < 1.29 is 14.3 Å². The zero-order valence-corrected chi connectivity index (χ0v) is 17.0. The Balaban J connectivity index is 2.19. The minimum Gasteiger partial charge on any atom is -0.469 e. The van der Waals surface area contributed by atoms with Crippen molar-refractivity contribution in [1.29, 1.82) is 0 Å². The van der Waals surface area contributed by atoms with Crippen molar-refractivity contribution in [3.05, 3.63) is 35.9 Å². The topological polar surface area (TPSA) is 72.0 Å². The Morgan fingerprint density at radius 3 is 2.63 bits per heavy atom. The molecule has 0 spiro atoms. The Bertz CT molecular complexity index is 535. The number of esters is 1. The molecule has 0 aliphatic carbocycles. The van der Waals surface area contributed by atoms with E-state index in [9.17, 15) is 4.79 Å². The number of hydrogen-bond acceptors (Lipinski definition) is 4. The van der Waals surface area contributed by atoms with Crippen LogP contribution in [0, 0.1) is 5.92 Å². The predicted molar refractivity (Wildman–Crippen MR) is 110 cm³/mol. The fourth-order valence-corrected chi connectivity index (χ4v) is 2.47. The van der Waals surface area contributed by atoms with Crippen LogP contribution in [-0.4, -0.2) is 45.3 Å². The van der Waals surface area contributed by atoms with Crippen LogP contribution in [0.4, 0.5) is 0 Å². The lowest BCUT2D eigenvalue weighted by Crippen LogP contribution is -2.38. The number of carbonyl (C=O) groups is 1. The van der Waals surface area contributed by atoms with Crippen LogP contribution in [0.15, 0.2) is 35.3 Å². The molecular weight excluding hydrogens is 342 g/mol. The van der Waals surface area contributed by atoms with Crippen LogP contribution in [0.25, 0.3) is 0 Å². The lowest BCUT2D eigenvalue weighted by Gasteiger charge is -2.14. The smallest absolute Gasteiger partial charge is 0.305 e. The summed E-state index contributed by atoms with van der Waals surface area (Å²) in [4.78, 5) is 15.7. The van der Waals surface area contributed by atoms with Crippen LogP contribution in [0.1, 0.15) is 45.1 Å². The van der Waals surface area contributed by atoms with Gasteiger partial charge in [-0.2, -0.15) is 0 Å². The number of benzene rings is 1. The third-order valence-electron chi connectivity index (χ3n) is 4.00. The third kappa shape index (κ3) is 12.0. The molecule has 6 heteroatoms. The van der Waals surface area contributed by atoms with Gasteiger partial charge in [0, 0.05) is 26.1 Å². The molecule has 0 aromatic heterocycles. The van der Waals surface area contributed by atoms with Gasteiger partial charge in [-0.3, -0.25) is 9.79 Å². The summed E-state index contributed by atoms with van der Waals surface area (Å²) in [5.41, 5.74) is 1.19. The molecule has 1 atom stereocenters. The molecule has 0 aliphatic heterocycles. The second-order valence-corrected chi connectivity index (χ2v) is 6.64. The van der Waals surface area contributed by atoms with E-state index in [0.717, 1.165) is 38.3 Å². The van der Waals surface area contributed by atoms with E-state index < -0.39 is 0 Å². The van der Waals surface area contributed by atoms with Gasteiger partial charge < -0.3 is 20.1 Å². The Kier molecular flexibility index (Phi) is 12.8. The van der Waals surface area contributed by atoms with Crippen molar-refractivity contribution in [3.8, 4) is 0 Å². The molecule has 27 heavy (non-hydrogen) atoms. The molecule has 6 nitrogen and oxygen atoms in total. The number of nitrogens with one attached hydrogen (secondary N) is 2. The molecule has 152 valence electrons. The van der Waals surface area contributed by atoms with Crippen LogP contribution < -0.4 is 10.6 Å². The van der Waals surface area contributed by atoms with E-state index >= 15 is 0 Å².